The van der Waals surface area contributed by atoms with Gasteiger partial charge in [-0.1, -0.05) is 23.7 Å². The molecule has 1 aromatic carbocycles. The van der Waals surface area contributed by atoms with Crippen LogP contribution in [-0.2, 0) is 0 Å². The first-order chi connectivity index (χ1) is 9.20. The van der Waals surface area contributed by atoms with E-state index in [1.165, 1.54) is 6.20 Å². The summed E-state index contributed by atoms with van der Waals surface area (Å²) < 4.78 is 0. The van der Waals surface area contributed by atoms with E-state index in [-0.39, 0.29) is 5.91 Å². The molecule has 0 saturated heterocycles. The molecule has 98 valence electrons. The van der Waals surface area contributed by atoms with Gasteiger partial charge < -0.3 is 10.6 Å². The molecule has 0 unspecified atom stereocenters. The van der Waals surface area contributed by atoms with Crippen molar-refractivity contribution in [1.82, 2.24) is 4.98 Å². The highest BCUT2D eigenvalue weighted by molar-refractivity contribution is 6.29. The lowest BCUT2D eigenvalue weighted by Crippen LogP contribution is -2.14. The number of para-hydroxylation sites is 1. The summed E-state index contributed by atoms with van der Waals surface area (Å²) in [5.41, 5.74) is 2.02. The SMILES string of the molecule is CCNc1ccccc1C(=O)Nc1ccc(Cl)nc1. The Balaban J connectivity index is 2.18. The average Bonchev–Trinajstić information content (AvgIpc) is 2.42. The number of pyridine rings is 1. The maximum absolute atomic E-state index is 12.2. The van der Waals surface area contributed by atoms with Crippen LogP contribution >= 0.6 is 11.6 Å². The van der Waals surface area contributed by atoms with Crippen LogP contribution in [0.1, 0.15) is 17.3 Å². The zero-order chi connectivity index (χ0) is 13.7. The van der Waals surface area contributed by atoms with E-state index in [2.05, 4.69) is 15.6 Å². The van der Waals surface area contributed by atoms with Crippen molar-refractivity contribution in [2.24, 2.45) is 0 Å². The van der Waals surface area contributed by atoms with Gasteiger partial charge in [-0.05, 0) is 31.2 Å². The molecule has 2 N–H and O–H groups in total. The Bertz CT molecular complexity index is 569. The van der Waals surface area contributed by atoms with Crippen molar-refractivity contribution < 1.29 is 4.79 Å². The Morgan fingerprint density at radius 3 is 2.74 bits per heavy atom. The lowest BCUT2D eigenvalue weighted by atomic mass is 10.1. The number of hydrogen-bond acceptors (Lipinski definition) is 3. The first-order valence-corrected chi connectivity index (χ1v) is 6.34. The van der Waals surface area contributed by atoms with Crippen molar-refractivity contribution >= 4 is 28.9 Å². The molecule has 0 aliphatic heterocycles. The monoisotopic (exact) mass is 275 g/mol. The van der Waals surface area contributed by atoms with Gasteiger partial charge in [-0.2, -0.15) is 0 Å². The molecule has 1 heterocycles. The van der Waals surface area contributed by atoms with Gasteiger partial charge in [-0.3, -0.25) is 4.79 Å². The summed E-state index contributed by atoms with van der Waals surface area (Å²) >= 11 is 5.70. The van der Waals surface area contributed by atoms with E-state index in [1.807, 2.05) is 25.1 Å². The fourth-order valence-electron chi connectivity index (χ4n) is 1.67. The number of rotatable bonds is 4. The molecule has 0 aliphatic rings. The number of halogens is 1. The quantitative estimate of drug-likeness (QED) is 0.841. The van der Waals surface area contributed by atoms with Crippen molar-refractivity contribution in [3.8, 4) is 0 Å². The number of carbonyl (C=O) groups excluding carboxylic acids is 1. The molecule has 0 aliphatic carbocycles. The van der Waals surface area contributed by atoms with Crippen molar-refractivity contribution in [2.75, 3.05) is 17.2 Å². The Labute approximate surface area is 116 Å². The van der Waals surface area contributed by atoms with Crippen LogP contribution in [0.25, 0.3) is 0 Å². The van der Waals surface area contributed by atoms with Crippen LogP contribution in [0.3, 0.4) is 0 Å². The van der Waals surface area contributed by atoms with Gasteiger partial charge >= 0.3 is 0 Å². The molecule has 19 heavy (non-hydrogen) atoms. The molecule has 0 atom stereocenters. The van der Waals surface area contributed by atoms with Gasteiger partial charge in [0.05, 0.1) is 17.4 Å². The van der Waals surface area contributed by atoms with Crippen molar-refractivity contribution in [1.29, 1.82) is 0 Å². The number of nitrogens with zero attached hydrogens (tertiary/aromatic N) is 1. The third-order valence-electron chi connectivity index (χ3n) is 2.52. The highest BCUT2D eigenvalue weighted by Gasteiger charge is 2.10. The van der Waals surface area contributed by atoms with Gasteiger partial charge in [0.25, 0.3) is 5.91 Å². The number of aromatic nitrogens is 1. The van der Waals surface area contributed by atoms with Gasteiger partial charge in [-0.25, -0.2) is 4.98 Å². The number of nitrogens with one attached hydrogen (secondary N) is 2. The van der Waals surface area contributed by atoms with Crippen LogP contribution in [0.5, 0.6) is 0 Å². The fraction of sp³-hybridized carbons (Fsp3) is 0.143. The third-order valence-corrected chi connectivity index (χ3v) is 2.75. The van der Waals surface area contributed by atoms with E-state index in [9.17, 15) is 4.79 Å². The molecule has 0 spiro atoms. The van der Waals surface area contributed by atoms with Crippen LogP contribution < -0.4 is 10.6 Å². The van der Waals surface area contributed by atoms with Crippen LogP contribution in [0.15, 0.2) is 42.6 Å². The molecule has 2 aromatic rings. The molecule has 0 fully saturated rings. The average molecular weight is 276 g/mol. The molecule has 1 amide bonds. The maximum atomic E-state index is 12.2. The predicted molar refractivity (Wildman–Crippen MR) is 77.8 cm³/mol. The molecule has 2 rings (SSSR count). The molecule has 0 saturated carbocycles. The molecular formula is C14H14ClN3O. The predicted octanol–water partition coefficient (Wildman–Crippen LogP) is 3.42. The number of amides is 1. The van der Waals surface area contributed by atoms with E-state index < -0.39 is 0 Å². The second-order valence-electron chi connectivity index (χ2n) is 3.90. The summed E-state index contributed by atoms with van der Waals surface area (Å²) in [6.07, 6.45) is 1.52. The Morgan fingerprint density at radius 1 is 1.26 bits per heavy atom. The number of hydrogen-bond donors (Lipinski definition) is 2. The van der Waals surface area contributed by atoms with E-state index in [0.717, 1.165) is 12.2 Å². The van der Waals surface area contributed by atoms with E-state index in [0.29, 0.717) is 16.4 Å². The Kier molecular flexibility index (Phi) is 4.36. The van der Waals surface area contributed by atoms with Crippen LogP contribution in [-0.4, -0.2) is 17.4 Å². The van der Waals surface area contributed by atoms with Crippen molar-refractivity contribution in [2.45, 2.75) is 6.92 Å². The minimum atomic E-state index is -0.180. The van der Waals surface area contributed by atoms with Crippen LogP contribution in [0, 0.1) is 0 Å². The highest BCUT2D eigenvalue weighted by atomic mass is 35.5. The summed E-state index contributed by atoms with van der Waals surface area (Å²) in [6, 6.07) is 10.7. The zero-order valence-corrected chi connectivity index (χ0v) is 11.2. The standard InChI is InChI=1S/C14H14ClN3O/c1-2-16-12-6-4-3-5-11(12)14(19)18-10-7-8-13(15)17-9-10/h3-9,16H,2H2,1H3,(H,18,19). The Morgan fingerprint density at radius 2 is 2.05 bits per heavy atom. The summed E-state index contributed by atoms with van der Waals surface area (Å²) in [5, 5.41) is 6.33. The van der Waals surface area contributed by atoms with Gasteiger partial charge in [0, 0.05) is 12.2 Å². The van der Waals surface area contributed by atoms with Crippen molar-refractivity contribution in [3.63, 3.8) is 0 Å². The highest BCUT2D eigenvalue weighted by Crippen LogP contribution is 2.17. The zero-order valence-electron chi connectivity index (χ0n) is 10.5. The van der Waals surface area contributed by atoms with Crippen LogP contribution in [0.4, 0.5) is 11.4 Å². The largest absolute Gasteiger partial charge is 0.385 e. The summed E-state index contributed by atoms with van der Waals surface area (Å²) in [6.45, 7) is 2.74. The molecule has 5 heteroatoms. The summed E-state index contributed by atoms with van der Waals surface area (Å²) in [7, 11) is 0. The number of anilines is 2. The van der Waals surface area contributed by atoms with Crippen LogP contribution in [0.2, 0.25) is 5.15 Å². The minimum absolute atomic E-state index is 0.180. The normalized spacial score (nSPS) is 10.0. The number of carbonyl (C=O) groups is 1. The topological polar surface area (TPSA) is 54.0 Å². The lowest BCUT2D eigenvalue weighted by Gasteiger charge is -2.10. The lowest BCUT2D eigenvalue weighted by molar-refractivity contribution is 0.102. The summed E-state index contributed by atoms with van der Waals surface area (Å²) in [5.74, 6) is -0.180. The van der Waals surface area contributed by atoms with Gasteiger partial charge in [-0.15, -0.1) is 0 Å². The second-order valence-corrected chi connectivity index (χ2v) is 4.29. The first kappa shape index (κ1) is 13.4. The van der Waals surface area contributed by atoms with Gasteiger partial charge in [0.1, 0.15) is 5.15 Å². The smallest absolute Gasteiger partial charge is 0.257 e. The van der Waals surface area contributed by atoms with E-state index in [1.54, 1.807) is 18.2 Å². The fourth-order valence-corrected chi connectivity index (χ4v) is 1.79. The van der Waals surface area contributed by atoms with Gasteiger partial charge in [0.2, 0.25) is 0 Å². The summed E-state index contributed by atoms with van der Waals surface area (Å²) in [4.78, 5) is 16.1. The first-order valence-electron chi connectivity index (χ1n) is 5.96. The molecule has 0 bridgehead atoms. The molecule has 1 aromatic heterocycles. The molecule has 0 radical (unpaired) electrons. The molecule has 4 nitrogen and oxygen atoms in total. The Hall–Kier alpha value is -2.07. The second kappa shape index (κ2) is 6.20. The third kappa shape index (κ3) is 3.45. The minimum Gasteiger partial charge on any atom is -0.385 e. The number of benzene rings is 1. The van der Waals surface area contributed by atoms with E-state index >= 15 is 0 Å². The maximum Gasteiger partial charge on any atom is 0.257 e. The van der Waals surface area contributed by atoms with Crippen molar-refractivity contribution in [3.05, 3.63) is 53.3 Å². The van der Waals surface area contributed by atoms with Gasteiger partial charge in [0.15, 0.2) is 0 Å². The van der Waals surface area contributed by atoms with E-state index in [4.69, 9.17) is 11.6 Å². The molecular weight excluding hydrogens is 262 g/mol.